The van der Waals surface area contributed by atoms with Crippen LogP contribution in [0.25, 0.3) is 0 Å². The molecule has 0 saturated carbocycles. The fourth-order valence-corrected chi connectivity index (χ4v) is 4.60. The molecule has 1 aliphatic heterocycles. The highest BCUT2D eigenvalue weighted by molar-refractivity contribution is 7.89. The Morgan fingerprint density at radius 2 is 1.82 bits per heavy atom. The van der Waals surface area contributed by atoms with Gasteiger partial charge < -0.3 is 14.4 Å². The Hall–Kier alpha value is -2.43. The van der Waals surface area contributed by atoms with E-state index in [0.29, 0.717) is 30.1 Å². The predicted octanol–water partition coefficient (Wildman–Crippen LogP) is 4.69. The van der Waals surface area contributed by atoms with Crippen LogP contribution in [-0.4, -0.2) is 44.7 Å². The zero-order valence-electron chi connectivity index (χ0n) is 19.1. The Bertz CT molecular complexity index is 1150. The number of carbonyl (C=O) groups is 1. The first-order valence-corrected chi connectivity index (χ1v) is 12.5. The average molecular weight is 517 g/mol. The van der Waals surface area contributed by atoms with Crippen molar-refractivity contribution in [3.8, 4) is 5.75 Å². The number of likely N-dealkylation sites (tertiary alicyclic amines) is 1. The van der Waals surface area contributed by atoms with Gasteiger partial charge in [0.2, 0.25) is 10.0 Å². The van der Waals surface area contributed by atoms with Gasteiger partial charge in [0, 0.05) is 36.2 Å². The predicted molar refractivity (Wildman–Crippen MR) is 123 cm³/mol. The van der Waals surface area contributed by atoms with Gasteiger partial charge in [0.15, 0.2) is 11.6 Å². The van der Waals surface area contributed by atoms with Crippen LogP contribution in [0.1, 0.15) is 38.7 Å². The van der Waals surface area contributed by atoms with E-state index >= 15 is 0 Å². The van der Waals surface area contributed by atoms with Crippen molar-refractivity contribution in [3.05, 3.63) is 58.6 Å². The van der Waals surface area contributed by atoms with Crippen LogP contribution in [-0.2, 0) is 14.8 Å². The number of halogens is 3. The second-order valence-electron chi connectivity index (χ2n) is 9.20. The summed E-state index contributed by atoms with van der Waals surface area (Å²) >= 11 is 6.01. The van der Waals surface area contributed by atoms with Crippen molar-refractivity contribution in [2.24, 2.45) is 11.1 Å². The van der Waals surface area contributed by atoms with Gasteiger partial charge in [0.1, 0.15) is 16.3 Å². The number of sulfonamides is 1. The molecule has 1 saturated heterocycles. The lowest BCUT2D eigenvalue weighted by atomic mass is 9.81. The fraction of sp³-hybridized carbons (Fsp3) is 0.435. The molecule has 3 rings (SSSR count). The molecule has 0 radical (unpaired) electrons. The van der Waals surface area contributed by atoms with Gasteiger partial charge in [0.05, 0.1) is 6.61 Å². The van der Waals surface area contributed by atoms with Gasteiger partial charge in [-0.05, 0) is 50.8 Å². The van der Waals surface area contributed by atoms with Crippen LogP contribution in [0.5, 0.6) is 5.75 Å². The number of ether oxygens (including phenoxy) is 2. The van der Waals surface area contributed by atoms with Crippen LogP contribution in [0.4, 0.5) is 13.6 Å². The number of benzene rings is 2. The van der Waals surface area contributed by atoms with E-state index in [-0.39, 0.29) is 25.0 Å². The molecule has 186 valence electrons. The maximum absolute atomic E-state index is 14.5. The van der Waals surface area contributed by atoms with Gasteiger partial charge in [-0.1, -0.05) is 23.7 Å². The number of piperidine rings is 1. The highest BCUT2D eigenvalue weighted by Crippen LogP contribution is 2.35. The first-order chi connectivity index (χ1) is 15.7. The molecule has 2 aromatic rings. The minimum absolute atomic E-state index is 0.0486. The third-order valence-electron chi connectivity index (χ3n) is 5.43. The molecular formula is C23H27ClF2N2O5S. The summed E-state index contributed by atoms with van der Waals surface area (Å²) < 4.78 is 62.6. The van der Waals surface area contributed by atoms with Crippen molar-refractivity contribution < 1.29 is 31.5 Å². The van der Waals surface area contributed by atoms with Crippen molar-refractivity contribution in [1.29, 1.82) is 0 Å². The number of carbonyl (C=O) groups excluding carboxylic acids is 1. The Labute approximate surface area is 202 Å². The molecule has 2 aromatic carbocycles. The lowest BCUT2D eigenvalue weighted by molar-refractivity contribution is 0.0110. The number of amides is 1. The van der Waals surface area contributed by atoms with Crippen LogP contribution in [0, 0.1) is 17.6 Å². The quantitative estimate of drug-likeness (QED) is 0.622. The van der Waals surface area contributed by atoms with E-state index in [4.69, 9.17) is 26.2 Å². The molecule has 7 nitrogen and oxygen atoms in total. The lowest BCUT2D eigenvalue weighted by Crippen LogP contribution is -2.46. The van der Waals surface area contributed by atoms with Gasteiger partial charge in [-0.3, -0.25) is 0 Å². The van der Waals surface area contributed by atoms with Gasteiger partial charge >= 0.3 is 6.09 Å². The number of nitrogens with two attached hydrogens (primary N) is 1. The molecule has 0 unspecified atom stereocenters. The van der Waals surface area contributed by atoms with Crippen LogP contribution in [0.3, 0.4) is 0 Å². The molecular weight excluding hydrogens is 490 g/mol. The van der Waals surface area contributed by atoms with Crippen LogP contribution >= 0.6 is 11.6 Å². The first kappa shape index (κ1) is 26.2. The molecule has 2 N–H and O–H groups in total. The second-order valence-corrected chi connectivity index (χ2v) is 11.2. The number of rotatable bonds is 5. The maximum atomic E-state index is 14.5. The minimum Gasteiger partial charge on any atom is -0.490 e. The van der Waals surface area contributed by atoms with Crippen LogP contribution in [0.2, 0.25) is 5.02 Å². The van der Waals surface area contributed by atoms with Gasteiger partial charge in [0.25, 0.3) is 0 Å². The van der Waals surface area contributed by atoms with E-state index in [0.717, 1.165) is 5.56 Å². The monoisotopic (exact) mass is 516 g/mol. The minimum atomic E-state index is -4.43. The smallest absolute Gasteiger partial charge is 0.410 e. The Morgan fingerprint density at radius 1 is 1.18 bits per heavy atom. The lowest BCUT2D eigenvalue weighted by Gasteiger charge is -2.39. The summed E-state index contributed by atoms with van der Waals surface area (Å²) in [6.45, 7) is 5.97. The van der Waals surface area contributed by atoms with Gasteiger partial charge in [-0.15, -0.1) is 0 Å². The zero-order valence-corrected chi connectivity index (χ0v) is 20.6. The molecule has 2 atom stereocenters. The zero-order chi connectivity index (χ0) is 25.3. The van der Waals surface area contributed by atoms with E-state index in [1.54, 1.807) is 37.8 Å². The topological polar surface area (TPSA) is 98.9 Å². The summed E-state index contributed by atoms with van der Waals surface area (Å²) in [4.78, 5) is 13.2. The SMILES string of the molecule is CC(C)(C)OC(=O)N1CC[C@@H](c2ccc(Cl)cc2)[C@H](COc2cc(F)c(S(N)(=O)=O)cc2F)C1. The largest absolute Gasteiger partial charge is 0.490 e. The number of nitrogens with zero attached hydrogens (tertiary/aromatic N) is 1. The van der Waals surface area contributed by atoms with E-state index in [2.05, 4.69) is 0 Å². The fourth-order valence-electron chi connectivity index (χ4n) is 3.88. The Balaban J connectivity index is 1.83. The molecule has 0 aliphatic carbocycles. The Kier molecular flexibility index (Phi) is 7.74. The van der Waals surface area contributed by atoms with Gasteiger partial charge in [-0.2, -0.15) is 0 Å². The molecule has 1 heterocycles. The molecule has 1 amide bonds. The van der Waals surface area contributed by atoms with Crippen LogP contribution < -0.4 is 9.88 Å². The average Bonchev–Trinajstić information content (AvgIpc) is 2.72. The molecule has 1 fully saturated rings. The standard InChI is InChI=1S/C23H27ClF2N2O5S/c1-23(2,3)33-22(29)28-9-8-17(14-4-6-16(24)7-5-14)15(12-28)13-32-20-10-19(26)21(11-18(20)25)34(27,30)31/h4-7,10-11,15,17H,8-9,12-13H2,1-3H3,(H2,27,30,31)/t15-,17-/m0/s1. The molecule has 0 aromatic heterocycles. The first-order valence-electron chi connectivity index (χ1n) is 10.6. The normalized spacial score (nSPS) is 19.1. The van der Waals surface area contributed by atoms with Crippen molar-refractivity contribution >= 4 is 27.7 Å². The van der Waals surface area contributed by atoms with Crippen molar-refractivity contribution in [3.63, 3.8) is 0 Å². The third kappa shape index (κ3) is 6.58. The summed E-state index contributed by atoms with van der Waals surface area (Å²) in [6.07, 6.45) is 0.123. The van der Waals surface area contributed by atoms with Crippen molar-refractivity contribution in [1.82, 2.24) is 4.90 Å². The van der Waals surface area contributed by atoms with Crippen molar-refractivity contribution in [2.45, 2.75) is 43.6 Å². The highest BCUT2D eigenvalue weighted by atomic mass is 35.5. The molecule has 0 spiro atoms. The second kappa shape index (κ2) is 10.1. The molecule has 1 aliphatic rings. The highest BCUT2D eigenvalue weighted by Gasteiger charge is 2.35. The van der Waals surface area contributed by atoms with Gasteiger partial charge in [-0.25, -0.2) is 27.1 Å². The Morgan fingerprint density at radius 3 is 2.41 bits per heavy atom. The third-order valence-corrected chi connectivity index (χ3v) is 6.61. The summed E-state index contributed by atoms with van der Waals surface area (Å²) in [5.74, 6) is -3.06. The molecule has 0 bridgehead atoms. The summed E-state index contributed by atoms with van der Waals surface area (Å²) in [6, 6.07) is 8.42. The molecule has 11 heteroatoms. The van der Waals surface area contributed by atoms with E-state index < -0.39 is 44.0 Å². The molecule has 34 heavy (non-hydrogen) atoms. The maximum Gasteiger partial charge on any atom is 0.410 e. The van der Waals surface area contributed by atoms with E-state index in [1.165, 1.54) is 0 Å². The number of primary sulfonamides is 1. The number of hydrogen-bond acceptors (Lipinski definition) is 5. The van der Waals surface area contributed by atoms with Crippen molar-refractivity contribution in [2.75, 3.05) is 19.7 Å². The summed E-state index contributed by atoms with van der Waals surface area (Å²) in [5, 5.41) is 5.49. The summed E-state index contributed by atoms with van der Waals surface area (Å²) in [7, 11) is -4.43. The van der Waals surface area contributed by atoms with E-state index in [1.807, 2.05) is 12.1 Å². The summed E-state index contributed by atoms with van der Waals surface area (Å²) in [5.41, 5.74) is 0.306. The number of hydrogen-bond donors (Lipinski definition) is 1. The van der Waals surface area contributed by atoms with E-state index in [9.17, 15) is 22.0 Å². The van der Waals surface area contributed by atoms with Crippen LogP contribution in [0.15, 0.2) is 41.3 Å².